The van der Waals surface area contributed by atoms with Crippen LogP contribution in [0.2, 0.25) is 0 Å². The smallest absolute Gasteiger partial charge is 0.312 e. The number of fused-ring (bicyclic) bond motifs is 2. The second kappa shape index (κ2) is 7.08. The summed E-state index contributed by atoms with van der Waals surface area (Å²) in [4.78, 5) is 26.9. The summed E-state index contributed by atoms with van der Waals surface area (Å²) in [6.07, 6.45) is 3.79. The Kier molecular flexibility index (Phi) is 4.15. The summed E-state index contributed by atoms with van der Waals surface area (Å²) >= 11 is 0. The predicted octanol–water partition coefficient (Wildman–Crippen LogP) is 2.57. The van der Waals surface area contributed by atoms with Gasteiger partial charge in [-0.05, 0) is 24.6 Å². The van der Waals surface area contributed by atoms with E-state index in [4.69, 9.17) is 8.83 Å². The number of halogens is 1. The molecule has 0 unspecified atom stereocenters. The van der Waals surface area contributed by atoms with Gasteiger partial charge >= 0.3 is 11.8 Å². The van der Waals surface area contributed by atoms with E-state index in [0.717, 1.165) is 11.3 Å². The van der Waals surface area contributed by atoms with Crippen molar-refractivity contribution in [3.63, 3.8) is 0 Å². The van der Waals surface area contributed by atoms with Gasteiger partial charge in [0.1, 0.15) is 17.0 Å². The average molecular weight is 448 g/mol. The summed E-state index contributed by atoms with van der Waals surface area (Å²) in [6.45, 7) is 2.21. The van der Waals surface area contributed by atoms with Crippen LogP contribution >= 0.6 is 0 Å². The summed E-state index contributed by atoms with van der Waals surface area (Å²) in [7, 11) is 1.75. The molecule has 0 bridgehead atoms. The first-order valence-electron chi connectivity index (χ1n) is 10.2. The molecule has 1 atom stereocenters. The van der Waals surface area contributed by atoms with Crippen LogP contribution in [-0.2, 0) is 13.5 Å². The van der Waals surface area contributed by atoms with Gasteiger partial charge in [-0.2, -0.15) is 5.10 Å². The number of imidazole rings is 1. The van der Waals surface area contributed by atoms with Crippen LogP contribution in [0.25, 0.3) is 22.7 Å². The first-order valence-corrected chi connectivity index (χ1v) is 10.2. The van der Waals surface area contributed by atoms with E-state index in [1.807, 2.05) is 6.92 Å². The van der Waals surface area contributed by atoms with Crippen molar-refractivity contribution in [2.75, 3.05) is 6.54 Å². The highest BCUT2D eigenvalue weighted by Gasteiger charge is 2.39. The molecule has 33 heavy (non-hydrogen) atoms. The van der Waals surface area contributed by atoms with E-state index in [2.05, 4.69) is 30.2 Å². The number of nitrogens with one attached hydrogen (secondary N) is 1. The van der Waals surface area contributed by atoms with Gasteiger partial charge in [-0.15, -0.1) is 10.2 Å². The molecule has 0 spiro atoms. The normalized spacial score (nSPS) is 15.8. The Bertz CT molecular complexity index is 1490. The Balaban J connectivity index is 1.41. The number of amides is 1. The van der Waals surface area contributed by atoms with Crippen LogP contribution in [0.5, 0.6) is 0 Å². The lowest BCUT2D eigenvalue weighted by Gasteiger charge is -2.31. The molecule has 5 aromatic rings. The lowest BCUT2D eigenvalue weighted by atomic mass is 10.0. The van der Waals surface area contributed by atoms with E-state index < -0.39 is 17.8 Å². The fourth-order valence-corrected chi connectivity index (χ4v) is 4.16. The van der Waals surface area contributed by atoms with E-state index in [-0.39, 0.29) is 17.7 Å². The SMILES string of the molecule is Cc1cnn(C)c1-c1nnc(C(=O)N2CCc3[nH]cnc3[C@H]2c2nc3cc(F)ccc3o2)o1. The minimum Gasteiger partial charge on any atom is -0.438 e. The molecule has 12 heteroatoms. The monoisotopic (exact) mass is 448 g/mol. The summed E-state index contributed by atoms with van der Waals surface area (Å²) in [5.41, 5.74) is 3.71. The number of hydrogen-bond donors (Lipinski definition) is 1. The summed E-state index contributed by atoms with van der Waals surface area (Å²) < 4.78 is 26.9. The number of aryl methyl sites for hydroxylation is 2. The number of aromatic amines is 1. The van der Waals surface area contributed by atoms with Gasteiger partial charge in [0.15, 0.2) is 11.6 Å². The van der Waals surface area contributed by atoms with E-state index in [9.17, 15) is 9.18 Å². The molecule has 166 valence electrons. The number of carbonyl (C=O) groups is 1. The summed E-state index contributed by atoms with van der Waals surface area (Å²) in [6, 6.07) is 3.34. The maximum Gasteiger partial charge on any atom is 0.312 e. The minimum absolute atomic E-state index is 0.170. The Morgan fingerprint density at radius 3 is 2.97 bits per heavy atom. The molecule has 0 saturated heterocycles. The van der Waals surface area contributed by atoms with Crippen LogP contribution in [-0.4, -0.2) is 52.3 Å². The van der Waals surface area contributed by atoms with Crippen LogP contribution in [0.3, 0.4) is 0 Å². The average Bonchev–Trinajstić information content (AvgIpc) is 3.58. The topological polar surface area (TPSA) is 132 Å². The molecule has 0 aliphatic carbocycles. The highest BCUT2D eigenvalue weighted by Crippen LogP contribution is 2.35. The van der Waals surface area contributed by atoms with Crippen molar-refractivity contribution in [2.45, 2.75) is 19.4 Å². The standard InChI is InChI=1S/C21H17FN8O3/c1-10-8-25-29(2)16(10)19-27-28-20(33-19)21(31)30-6-5-12-15(24-9-23-12)17(30)18-26-13-7-11(22)3-4-14(13)32-18/h3-4,7-9,17H,5-6H2,1-2H3,(H,23,24)/t17-/m0/s1. The number of hydrogen-bond acceptors (Lipinski definition) is 8. The molecule has 6 rings (SSSR count). The number of aromatic nitrogens is 7. The third kappa shape index (κ3) is 3.02. The van der Waals surface area contributed by atoms with Gasteiger partial charge in [-0.3, -0.25) is 9.48 Å². The van der Waals surface area contributed by atoms with Gasteiger partial charge in [-0.25, -0.2) is 14.4 Å². The van der Waals surface area contributed by atoms with Crippen molar-refractivity contribution in [3.05, 3.63) is 65.3 Å². The van der Waals surface area contributed by atoms with E-state index in [0.29, 0.717) is 35.5 Å². The number of benzene rings is 1. The van der Waals surface area contributed by atoms with Gasteiger partial charge in [-0.1, -0.05) is 0 Å². The Morgan fingerprint density at radius 2 is 2.15 bits per heavy atom. The van der Waals surface area contributed by atoms with E-state index in [1.54, 1.807) is 24.3 Å². The van der Waals surface area contributed by atoms with Crippen molar-refractivity contribution in [1.29, 1.82) is 0 Å². The molecule has 1 aromatic carbocycles. The fourth-order valence-electron chi connectivity index (χ4n) is 4.16. The van der Waals surface area contributed by atoms with Crippen molar-refractivity contribution < 1.29 is 18.0 Å². The molecule has 0 fully saturated rings. The molecule has 1 N–H and O–H groups in total. The summed E-state index contributed by atoms with van der Waals surface area (Å²) in [5, 5.41) is 12.2. The number of H-pyrrole nitrogens is 1. The van der Waals surface area contributed by atoms with E-state index in [1.165, 1.54) is 23.1 Å². The quantitative estimate of drug-likeness (QED) is 0.445. The van der Waals surface area contributed by atoms with Gasteiger partial charge in [0.2, 0.25) is 5.89 Å². The Labute approximate surface area is 185 Å². The van der Waals surface area contributed by atoms with Crippen molar-refractivity contribution in [3.8, 4) is 11.6 Å². The second-order valence-corrected chi connectivity index (χ2v) is 7.79. The van der Waals surface area contributed by atoms with Crippen molar-refractivity contribution >= 4 is 17.0 Å². The predicted molar refractivity (Wildman–Crippen MR) is 110 cm³/mol. The molecule has 0 radical (unpaired) electrons. The van der Waals surface area contributed by atoms with Crippen molar-refractivity contribution in [2.24, 2.45) is 7.05 Å². The van der Waals surface area contributed by atoms with Gasteiger partial charge in [0.05, 0.1) is 18.2 Å². The molecule has 0 saturated carbocycles. The molecule has 4 aromatic heterocycles. The van der Waals surface area contributed by atoms with Crippen LogP contribution < -0.4 is 0 Å². The molecular formula is C21H17FN8O3. The zero-order chi connectivity index (χ0) is 22.7. The first kappa shape index (κ1) is 19.3. The zero-order valence-electron chi connectivity index (χ0n) is 17.6. The maximum absolute atomic E-state index is 13.7. The highest BCUT2D eigenvalue weighted by molar-refractivity contribution is 5.90. The third-order valence-electron chi connectivity index (χ3n) is 5.72. The molecule has 1 amide bonds. The number of rotatable bonds is 3. The van der Waals surface area contributed by atoms with Gasteiger partial charge in [0, 0.05) is 31.8 Å². The van der Waals surface area contributed by atoms with Crippen molar-refractivity contribution in [1.82, 2.24) is 39.8 Å². The van der Waals surface area contributed by atoms with Crippen LogP contribution in [0.1, 0.15) is 39.6 Å². The maximum atomic E-state index is 13.7. The number of nitrogens with zero attached hydrogens (tertiary/aromatic N) is 7. The lowest BCUT2D eigenvalue weighted by molar-refractivity contribution is 0.0627. The highest BCUT2D eigenvalue weighted by atomic mass is 19.1. The lowest BCUT2D eigenvalue weighted by Crippen LogP contribution is -2.41. The molecule has 1 aliphatic rings. The number of oxazole rings is 1. The first-order chi connectivity index (χ1) is 16.0. The third-order valence-corrected chi connectivity index (χ3v) is 5.72. The molecule has 5 heterocycles. The number of carbonyl (C=O) groups excluding carboxylic acids is 1. The molecule has 1 aliphatic heterocycles. The molecular weight excluding hydrogens is 431 g/mol. The Morgan fingerprint density at radius 1 is 1.27 bits per heavy atom. The van der Waals surface area contributed by atoms with Crippen LogP contribution in [0.15, 0.2) is 39.6 Å². The van der Waals surface area contributed by atoms with Crippen LogP contribution in [0, 0.1) is 12.7 Å². The van der Waals surface area contributed by atoms with E-state index >= 15 is 0 Å². The van der Waals surface area contributed by atoms with Crippen LogP contribution in [0.4, 0.5) is 4.39 Å². The van der Waals surface area contributed by atoms with Gasteiger partial charge in [0.25, 0.3) is 5.89 Å². The Hall–Kier alpha value is -4.35. The summed E-state index contributed by atoms with van der Waals surface area (Å²) in [5.74, 6) is -0.665. The van der Waals surface area contributed by atoms with Gasteiger partial charge < -0.3 is 18.7 Å². The zero-order valence-corrected chi connectivity index (χ0v) is 17.6. The minimum atomic E-state index is -0.739. The largest absolute Gasteiger partial charge is 0.438 e. The fraction of sp³-hybridized carbons (Fsp3) is 0.238. The molecule has 11 nitrogen and oxygen atoms in total. The second-order valence-electron chi connectivity index (χ2n) is 7.79.